The summed E-state index contributed by atoms with van der Waals surface area (Å²) in [5, 5.41) is 12.1. The maximum Gasteiger partial charge on any atom is 0.284 e. The van der Waals surface area contributed by atoms with Crippen molar-refractivity contribution in [1.82, 2.24) is 25.0 Å². The van der Waals surface area contributed by atoms with Crippen molar-refractivity contribution in [3.05, 3.63) is 46.6 Å². The molecule has 2 aromatic heterocycles. The summed E-state index contributed by atoms with van der Waals surface area (Å²) in [7, 11) is 1.55. The van der Waals surface area contributed by atoms with Gasteiger partial charge < -0.3 is 26.3 Å². The first-order chi connectivity index (χ1) is 19.6. The first kappa shape index (κ1) is 28.2. The number of aryl methyl sites for hydroxylation is 1. The highest BCUT2D eigenvalue weighted by Gasteiger charge is 2.48. The molecule has 13 heteroatoms. The highest BCUT2D eigenvalue weighted by molar-refractivity contribution is 6.35. The molecule has 5 N–H and O–H groups in total. The van der Waals surface area contributed by atoms with E-state index < -0.39 is 35.1 Å². The van der Waals surface area contributed by atoms with E-state index in [-0.39, 0.29) is 42.7 Å². The molecule has 4 bridgehead atoms. The second-order valence-corrected chi connectivity index (χ2v) is 11.6. The molecule has 41 heavy (non-hydrogen) atoms. The number of Topliss-reactive ketones (excluding diaryl/α,β-unsaturated/α-hetero) is 1. The molecule has 0 radical (unpaired) electrons. The number of pyridine rings is 1. The van der Waals surface area contributed by atoms with E-state index in [4.69, 9.17) is 5.73 Å². The topological polar surface area (TPSA) is 187 Å². The van der Waals surface area contributed by atoms with E-state index in [1.807, 2.05) is 0 Å². The molecule has 4 amide bonds. The fourth-order valence-electron chi connectivity index (χ4n) is 7.02. The molecule has 4 aliphatic rings. The van der Waals surface area contributed by atoms with Gasteiger partial charge >= 0.3 is 0 Å². The lowest BCUT2D eigenvalue weighted by Gasteiger charge is -2.54. The number of carbonyl (C=O) groups excluding carboxylic acids is 5. The quantitative estimate of drug-likeness (QED) is 0.278. The molecule has 4 fully saturated rings. The summed E-state index contributed by atoms with van der Waals surface area (Å²) in [6, 6.07) is 3.24. The first-order valence-electron chi connectivity index (χ1n) is 14.0. The van der Waals surface area contributed by atoms with Crippen LogP contribution in [0.2, 0.25) is 0 Å². The summed E-state index contributed by atoms with van der Waals surface area (Å²) >= 11 is 0. The van der Waals surface area contributed by atoms with Gasteiger partial charge in [-0.15, -0.1) is 0 Å². The van der Waals surface area contributed by atoms with Crippen LogP contribution in [-0.2, 0) is 32.8 Å². The summed E-state index contributed by atoms with van der Waals surface area (Å²) in [6.07, 6.45) is 8.21. The Labute approximate surface area is 236 Å². The molecule has 4 aliphatic carbocycles. The molecule has 0 unspecified atom stereocenters. The zero-order valence-electron chi connectivity index (χ0n) is 22.9. The van der Waals surface area contributed by atoms with E-state index in [9.17, 15) is 28.8 Å². The van der Waals surface area contributed by atoms with Crippen LogP contribution in [0.4, 0.5) is 5.69 Å². The molecular formula is C28H35N7O6. The number of nitrogens with two attached hydrogens (primary N) is 1. The van der Waals surface area contributed by atoms with Gasteiger partial charge in [0, 0.05) is 31.9 Å². The minimum absolute atomic E-state index is 0.0964. The fraction of sp³-hybridized carbons (Fsp3) is 0.536. The predicted molar refractivity (Wildman–Crippen MR) is 146 cm³/mol. The van der Waals surface area contributed by atoms with Crippen molar-refractivity contribution >= 4 is 35.1 Å². The van der Waals surface area contributed by atoms with Gasteiger partial charge in [-0.25, -0.2) is 0 Å². The van der Waals surface area contributed by atoms with Gasteiger partial charge in [-0.3, -0.25) is 33.4 Å². The Morgan fingerprint density at radius 1 is 1.05 bits per heavy atom. The van der Waals surface area contributed by atoms with Crippen molar-refractivity contribution in [3.63, 3.8) is 0 Å². The number of amides is 4. The van der Waals surface area contributed by atoms with E-state index in [1.54, 1.807) is 7.05 Å². The number of nitrogens with zero attached hydrogens (tertiary/aromatic N) is 3. The third kappa shape index (κ3) is 6.23. The third-order valence-electron chi connectivity index (χ3n) is 8.76. The van der Waals surface area contributed by atoms with E-state index in [0.717, 1.165) is 37.5 Å². The number of carbonyl (C=O) groups is 5. The summed E-state index contributed by atoms with van der Waals surface area (Å²) in [6.45, 7) is -0.195. The molecule has 2 aromatic rings. The van der Waals surface area contributed by atoms with Gasteiger partial charge in [-0.1, -0.05) is 0 Å². The molecule has 6 rings (SSSR count). The Bertz CT molecular complexity index is 1400. The zero-order valence-corrected chi connectivity index (χ0v) is 22.9. The number of primary amides is 1. The molecule has 0 aliphatic heterocycles. The lowest BCUT2D eigenvalue weighted by molar-refractivity contribution is -0.136. The smallest absolute Gasteiger partial charge is 0.284 e. The van der Waals surface area contributed by atoms with Crippen LogP contribution in [0.15, 0.2) is 35.4 Å². The van der Waals surface area contributed by atoms with Crippen molar-refractivity contribution in [2.75, 3.05) is 5.32 Å². The average molecular weight is 566 g/mol. The minimum Gasteiger partial charge on any atom is -0.363 e. The second-order valence-electron chi connectivity index (χ2n) is 11.6. The predicted octanol–water partition coefficient (Wildman–Crippen LogP) is 0.0944. The van der Waals surface area contributed by atoms with Crippen LogP contribution < -0.4 is 27.2 Å². The number of aromatic nitrogens is 3. The summed E-state index contributed by atoms with van der Waals surface area (Å²) in [5.41, 5.74) is 4.50. The highest BCUT2D eigenvalue weighted by Crippen LogP contribution is 2.53. The Kier molecular flexibility index (Phi) is 8.04. The maximum absolute atomic E-state index is 13.2. The van der Waals surface area contributed by atoms with Gasteiger partial charge in [0.1, 0.15) is 24.0 Å². The molecule has 218 valence electrons. The summed E-state index contributed by atoms with van der Waals surface area (Å²) in [4.78, 5) is 75.0. The molecule has 0 aromatic carbocycles. The van der Waals surface area contributed by atoms with Crippen molar-refractivity contribution in [2.24, 2.45) is 36.5 Å². The van der Waals surface area contributed by atoms with Crippen molar-refractivity contribution in [3.8, 4) is 0 Å². The third-order valence-corrected chi connectivity index (χ3v) is 8.76. The first-order valence-corrected chi connectivity index (χ1v) is 14.0. The Morgan fingerprint density at radius 2 is 1.73 bits per heavy atom. The van der Waals surface area contributed by atoms with Crippen LogP contribution >= 0.6 is 0 Å². The van der Waals surface area contributed by atoms with Crippen LogP contribution in [0.5, 0.6) is 0 Å². The van der Waals surface area contributed by atoms with E-state index >= 15 is 0 Å². The molecule has 13 nitrogen and oxygen atoms in total. The average Bonchev–Trinajstić information content (AvgIpc) is 3.36. The van der Waals surface area contributed by atoms with Crippen LogP contribution in [0.25, 0.3) is 0 Å². The van der Waals surface area contributed by atoms with Gasteiger partial charge in [0.2, 0.25) is 17.6 Å². The number of nitrogens with one attached hydrogen (secondary N) is 3. The number of hydrogen-bond acceptors (Lipinski definition) is 7. The van der Waals surface area contributed by atoms with Crippen LogP contribution in [0.1, 0.15) is 55.4 Å². The molecule has 0 saturated heterocycles. The zero-order chi connectivity index (χ0) is 29.3. The highest BCUT2D eigenvalue weighted by atomic mass is 16.2. The van der Waals surface area contributed by atoms with Crippen molar-refractivity contribution in [2.45, 2.75) is 63.6 Å². The van der Waals surface area contributed by atoms with E-state index in [1.165, 1.54) is 46.3 Å². The number of hydrogen-bond donors (Lipinski definition) is 4. The van der Waals surface area contributed by atoms with Crippen LogP contribution in [0.3, 0.4) is 0 Å². The van der Waals surface area contributed by atoms with Gasteiger partial charge in [0.05, 0.1) is 0 Å². The normalized spacial score (nSPS) is 24.9. The molecular weight excluding hydrogens is 530 g/mol. The maximum atomic E-state index is 13.2. The van der Waals surface area contributed by atoms with Crippen LogP contribution in [-0.4, -0.2) is 55.8 Å². The minimum atomic E-state index is -1.27. The standard InChI is InChI=1S/C28H35N7O6/c1-34-21(6-7-30-34)27(40)31-19(4-5-22(36)25(29)38)26(39)32-20-3-2-8-35(28(20)41)14-23(37)33-24-17-10-15-9-16(12-17)13-18(24)11-15/h2-3,6-8,15-19,24H,4-5,9-14H2,1H3,(H2,29,38)(H,31,40)(H,32,39)(H,33,37)/t15?,16?,17?,18?,19-,24?/m0/s1. The van der Waals surface area contributed by atoms with E-state index in [0.29, 0.717) is 11.8 Å². The largest absolute Gasteiger partial charge is 0.363 e. The lowest BCUT2D eigenvalue weighted by atomic mass is 9.54. The molecule has 4 saturated carbocycles. The Balaban J connectivity index is 1.24. The van der Waals surface area contributed by atoms with Gasteiger partial charge in [0.25, 0.3) is 17.4 Å². The fourth-order valence-corrected chi connectivity index (χ4v) is 7.02. The van der Waals surface area contributed by atoms with Gasteiger partial charge in [-0.05, 0) is 80.4 Å². The lowest BCUT2D eigenvalue weighted by Crippen LogP contribution is -2.56. The van der Waals surface area contributed by atoms with Crippen LogP contribution in [0, 0.1) is 23.7 Å². The molecule has 0 spiro atoms. The second kappa shape index (κ2) is 11.7. The Hall–Kier alpha value is -4.29. The van der Waals surface area contributed by atoms with Gasteiger partial charge in [0.15, 0.2) is 0 Å². The van der Waals surface area contributed by atoms with Gasteiger partial charge in [-0.2, -0.15) is 5.10 Å². The summed E-state index contributed by atoms with van der Waals surface area (Å²) in [5.74, 6) is -1.16. The van der Waals surface area contributed by atoms with E-state index in [2.05, 4.69) is 21.0 Å². The monoisotopic (exact) mass is 565 g/mol. The van der Waals surface area contributed by atoms with Crippen molar-refractivity contribution < 1.29 is 24.0 Å². The molecule has 1 atom stereocenters. The summed E-state index contributed by atoms with van der Waals surface area (Å²) < 4.78 is 2.53. The SMILES string of the molecule is Cn1nccc1C(=O)N[C@@H](CCC(=O)C(N)=O)C(=O)Nc1cccn(CC(=O)NC2C3CC4CC(C3)CC2C4)c1=O. The van der Waals surface area contributed by atoms with Crippen molar-refractivity contribution in [1.29, 1.82) is 0 Å². The number of ketones is 1. The number of rotatable bonds is 11. The molecule has 2 heterocycles. The number of anilines is 1. The Morgan fingerprint density at radius 3 is 2.34 bits per heavy atom.